The van der Waals surface area contributed by atoms with Crippen molar-refractivity contribution >= 4 is 5.97 Å². The van der Waals surface area contributed by atoms with Crippen LogP contribution in [-0.2, 0) is 20.9 Å². The zero-order valence-electron chi connectivity index (χ0n) is 12.1. The second kappa shape index (κ2) is 8.26. The van der Waals surface area contributed by atoms with E-state index in [-0.39, 0.29) is 13.0 Å². The molecule has 0 bridgehead atoms. The predicted molar refractivity (Wildman–Crippen MR) is 76.3 cm³/mol. The molecule has 0 amide bonds. The SMILES string of the molecule is COC(=O)[C@@H](N=[N+]=[N-])[C@](C)(O)CCOCc1ccccc1. The van der Waals surface area contributed by atoms with Crippen molar-refractivity contribution in [3.05, 3.63) is 46.3 Å². The third-order valence-electron chi connectivity index (χ3n) is 3.04. The van der Waals surface area contributed by atoms with Gasteiger partial charge in [-0.1, -0.05) is 35.4 Å². The number of hydrogen-bond donors (Lipinski definition) is 1. The van der Waals surface area contributed by atoms with Gasteiger partial charge in [0.15, 0.2) is 6.04 Å². The van der Waals surface area contributed by atoms with Crippen LogP contribution in [0, 0.1) is 0 Å². The first kappa shape index (κ1) is 17.0. The summed E-state index contributed by atoms with van der Waals surface area (Å²) in [6.07, 6.45) is 0.138. The van der Waals surface area contributed by atoms with E-state index in [2.05, 4.69) is 14.8 Å². The third kappa shape index (κ3) is 5.43. The summed E-state index contributed by atoms with van der Waals surface area (Å²) in [5.41, 5.74) is 7.95. The molecule has 0 radical (unpaired) electrons. The highest BCUT2D eigenvalue weighted by molar-refractivity contribution is 5.77. The fraction of sp³-hybridized carbons (Fsp3) is 0.500. The summed E-state index contributed by atoms with van der Waals surface area (Å²) in [6.45, 7) is 2.03. The number of aliphatic hydroxyl groups is 1. The highest BCUT2D eigenvalue weighted by Crippen LogP contribution is 2.20. The van der Waals surface area contributed by atoms with Crippen LogP contribution in [0.15, 0.2) is 35.4 Å². The number of hydrogen-bond acceptors (Lipinski definition) is 5. The van der Waals surface area contributed by atoms with Crippen LogP contribution >= 0.6 is 0 Å². The Bertz CT molecular complexity index is 498. The maximum absolute atomic E-state index is 11.5. The molecule has 21 heavy (non-hydrogen) atoms. The van der Waals surface area contributed by atoms with E-state index in [0.29, 0.717) is 6.61 Å². The molecular weight excluding hydrogens is 274 g/mol. The largest absolute Gasteiger partial charge is 0.469 e. The van der Waals surface area contributed by atoms with Crippen LogP contribution in [0.3, 0.4) is 0 Å². The molecule has 1 rings (SSSR count). The highest BCUT2D eigenvalue weighted by atomic mass is 16.5. The Balaban J connectivity index is 2.50. The first-order valence-corrected chi connectivity index (χ1v) is 6.47. The van der Waals surface area contributed by atoms with Crippen molar-refractivity contribution in [1.29, 1.82) is 0 Å². The maximum atomic E-state index is 11.5. The van der Waals surface area contributed by atoms with Crippen LogP contribution in [-0.4, -0.2) is 36.4 Å². The van der Waals surface area contributed by atoms with E-state index in [1.165, 1.54) is 14.0 Å². The standard InChI is InChI=1S/C14H19N3O4/c1-14(19,12(16-17-15)13(18)20-2)8-9-21-10-11-6-4-3-5-7-11/h3-7,12,19H,8-10H2,1-2H3/t12-,14-/m1/s1. The van der Waals surface area contributed by atoms with Crippen LogP contribution in [0.4, 0.5) is 0 Å². The monoisotopic (exact) mass is 293 g/mol. The Morgan fingerprint density at radius 3 is 2.71 bits per heavy atom. The van der Waals surface area contributed by atoms with E-state index in [1.807, 2.05) is 30.3 Å². The lowest BCUT2D eigenvalue weighted by atomic mass is 9.93. The Morgan fingerprint density at radius 1 is 1.48 bits per heavy atom. The molecule has 2 atom stereocenters. The molecule has 7 nitrogen and oxygen atoms in total. The number of carbonyl (C=O) groups excluding carboxylic acids is 1. The van der Waals surface area contributed by atoms with Gasteiger partial charge in [-0.25, -0.2) is 0 Å². The molecule has 0 aromatic heterocycles. The van der Waals surface area contributed by atoms with E-state index in [4.69, 9.17) is 10.3 Å². The van der Waals surface area contributed by atoms with Gasteiger partial charge < -0.3 is 14.6 Å². The summed E-state index contributed by atoms with van der Waals surface area (Å²) in [5.74, 6) is -0.777. The van der Waals surface area contributed by atoms with Crippen molar-refractivity contribution < 1.29 is 19.4 Å². The second-order valence-corrected chi connectivity index (χ2v) is 4.78. The Hall–Kier alpha value is -2.08. The van der Waals surface area contributed by atoms with Gasteiger partial charge >= 0.3 is 5.97 Å². The minimum Gasteiger partial charge on any atom is -0.469 e. The van der Waals surface area contributed by atoms with Gasteiger partial charge in [-0.05, 0) is 18.0 Å². The Kier molecular flexibility index (Phi) is 6.68. The van der Waals surface area contributed by atoms with Crippen LogP contribution in [0.5, 0.6) is 0 Å². The molecule has 0 saturated heterocycles. The Labute approximate surface area is 123 Å². The average molecular weight is 293 g/mol. The summed E-state index contributed by atoms with van der Waals surface area (Å²) >= 11 is 0. The van der Waals surface area contributed by atoms with E-state index < -0.39 is 17.6 Å². The predicted octanol–water partition coefficient (Wildman–Crippen LogP) is 2.20. The zero-order valence-corrected chi connectivity index (χ0v) is 12.1. The number of benzene rings is 1. The molecule has 7 heteroatoms. The van der Waals surface area contributed by atoms with E-state index in [9.17, 15) is 9.90 Å². The van der Waals surface area contributed by atoms with Crippen molar-refractivity contribution in [1.82, 2.24) is 0 Å². The number of rotatable bonds is 8. The normalized spacial score (nSPS) is 14.6. The average Bonchev–Trinajstić information content (AvgIpc) is 2.49. The highest BCUT2D eigenvalue weighted by Gasteiger charge is 2.37. The van der Waals surface area contributed by atoms with Crippen molar-refractivity contribution in [2.24, 2.45) is 5.11 Å². The molecule has 0 saturated carbocycles. The summed E-state index contributed by atoms with van der Waals surface area (Å²) < 4.78 is 9.97. The summed E-state index contributed by atoms with van der Waals surface area (Å²) in [6, 6.07) is 8.28. The van der Waals surface area contributed by atoms with Gasteiger partial charge in [-0.15, -0.1) is 0 Å². The summed E-state index contributed by atoms with van der Waals surface area (Å²) in [4.78, 5) is 14.1. The van der Waals surface area contributed by atoms with Gasteiger partial charge in [0, 0.05) is 17.9 Å². The van der Waals surface area contributed by atoms with E-state index >= 15 is 0 Å². The lowest BCUT2D eigenvalue weighted by Gasteiger charge is -2.27. The summed E-state index contributed by atoms with van der Waals surface area (Å²) in [7, 11) is 1.17. The molecule has 1 N–H and O–H groups in total. The number of azide groups is 1. The lowest BCUT2D eigenvalue weighted by Crippen LogP contribution is -2.44. The number of esters is 1. The smallest absolute Gasteiger partial charge is 0.317 e. The minimum atomic E-state index is -1.53. The molecule has 1 aromatic carbocycles. The molecule has 1 aromatic rings. The lowest BCUT2D eigenvalue weighted by molar-refractivity contribution is -0.149. The zero-order chi connectivity index (χ0) is 15.7. The molecule has 0 aliphatic rings. The molecule has 0 aliphatic carbocycles. The molecule has 0 fully saturated rings. The molecular formula is C14H19N3O4. The van der Waals surface area contributed by atoms with E-state index in [1.54, 1.807) is 0 Å². The number of carbonyl (C=O) groups is 1. The number of nitrogens with zero attached hydrogens (tertiary/aromatic N) is 3. The third-order valence-corrected chi connectivity index (χ3v) is 3.04. The fourth-order valence-corrected chi connectivity index (χ4v) is 1.77. The molecule has 114 valence electrons. The van der Waals surface area contributed by atoms with Crippen molar-refractivity contribution in [2.45, 2.75) is 31.6 Å². The van der Waals surface area contributed by atoms with E-state index in [0.717, 1.165) is 5.56 Å². The first-order chi connectivity index (χ1) is 10.0. The Morgan fingerprint density at radius 2 is 2.14 bits per heavy atom. The summed E-state index contributed by atoms with van der Waals surface area (Å²) in [5, 5.41) is 13.6. The van der Waals surface area contributed by atoms with Crippen LogP contribution in [0.1, 0.15) is 18.9 Å². The van der Waals surface area contributed by atoms with Gasteiger partial charge in [0.1, 0.15) is 0 Å². The van der Waals surface area contributed by atoms with Gasteiger partial charge in [0.2, 0.25) is 0 Å². The second-order valence-electron chi connectivity index (χ2n) is 4.78. The first-order valence-electron chi connectivity index (χ1n) is 6.47. The molecule has 0 heterocycles. The molecule has 0 aliphatic heterocycles. The van der Waals surface area contributed by atoms with Crippen molar-refractivity contribution in [2.75, 3.05) is 13.7 Å². The topological polar surface area (TPSA) is 105 Å². The molecule has 0 unspecified atom stereocenters. The number of methoxy groups -OCH3 is 1. The van der Waals surface area contributed by atoms with Crippen molar-refractivity contribution in [3.63, 3.8) is 0 Å². The van der Waals surface area contributed by atoms with Crippen molar-refractivity contribution in [3.8, 4) is 0 Å². The van der Waals surface area contributed by atoms with Crippen LogP contribution < -0.4 is 0 Å². The quantitative estimate of drug-likeness (QED) is 0.261. The fourth-order valence-electron chi connectivity index (χ4n) is 1.77. The van der Waals surface area contributed by atoms with Gasteiger partial charge in [0.25, 0.3) is 0 Å². The van der Waals surface area contributed by atoms with Crippen LogP contribution in [0.2, 0.25) is 0 Å². The number of ether oxygens (including phenoxy) is 2. The van der Waals surface area contributed by atoms with Crippen LogP contribution in [0.25, 0.3) is 10.4 Å². The maximum Gasteiger partial charge on any atom is 0.317 e. The molecule has 0 spiro atoms. The van der Waals surface area contributed by atoms with Gasteiger partial charge in [0.05, 0.1) is 19.3 Å². The van der Waals surface area contributed by atoms with Gasteiger partial charge in [-0.2, -0.15) is 0 Å². The minimum absolute atomic E-state index is 0.138. The van der Waals surface area contributed by atoms with Gasteiger partial charge in [-0.3, -0.25) is 4.79 Å².